The van der Waals surface area contributed by atoms with Crippen molar-refractivity contribution in [2.24, 2.45) is 0 Å². The molecule has 7 aromatic carbocycles. The van der Waals surface area contributed by atoms with E-state index in [2.05, 4.69) is 171 Å². The topological polar surface area (TPSA) is 27.7 Å². The van der Waals surface area contributed by atoms with Crippen LogP contribution in [0.5, 0.6) is 0 Å². The molecular weight excluding hydrogens is 548 g/mol. The molecule has 0 N–H and O–H groups in total. The molecule has 0 amide bonds. The van der Waals surface area contributed by atoms with Crippen LogP contribution in [0.1, 0.15) is 0 Å². The molecule has 0 saturated heterocycles. The van der Waals surface area contributed by atoms with Gasteiger partial charge in [-0.3, -0.25) is 9.13 Å². The summed E-state index contributed by atoms with van der Waals surface area (Å²) < 4.78 is 7.08. The van der Waals surface area contributed by atoms with Crippen molar-refractivity contribution in [3.05, 3.63) is 158 Å². The van der Waals surface area contributed by atoms with Gasteiger partial charge in [0.05, 0.1) is 33.1 Å². The molecule has 0 spiro atoms. The van der Waals surface area contributed by atoms with E-state index in [-0.39, 0.29) is 0 Å². The molecule has 0 saturated carbocycles. The number of para-hydroxylation sites is 6. The number of fused-ring (bicyclic) bond motifs is 10. The van der Waals surface area contributed by atoms with Crippen molar-refractivity contribution in [3.8, 4) is 17.3 Å². The van der Waals surface area contributed by atoms with Crippen LogP contribution in [0.4, 0.5) is 0 Å². The third-order valence-corrected chi connectivity index (χ3v) is 9.22. The van der Waals surface area contributed by atoms with Gasteiger partial charge in [0.1, 0.15) is 0 Å². The maximum Gasteiger partial charge on any atom is 0.220 e. The number of hydrogen-bond acceptors (Lipinski definition) is 1. The predicted molar refractivity (Wildman–Crippen MR) is 187 cm³/mol. The summed E-state index contributed by atoms with van der Waals surface area (Å²) in [7, 11) is 0. The van der Waals surface area contributed by atoms with Gasteiger partial charge in [-0.05, 0) is 60.0 Å². The van der Waals surface area contributed by atoms with Crippen LogP contribution < -0.4 is 0 Å². The highest BCUT2D eigenvalue weighted by Gasteiger charge is 2.23. The van der Waals surface area contributed by atoms with Gasteiger partial charge >= 0.3 is 0 Å². The molecule has 0 atom stereocenters. The van der Waals surface area contributed by atoms with Crippen LogP contribution in [-0.2, 0) is 0 Å². The number of benzene rings is 7. The number of aromatic nitrogens is 4. The van der Waals surface area contributed by atoms with E-state index in [0.29, 0.717) is 0 Å². The van der Waals surface area contributed by atoms with Gasteiger partial charge in [0, 0.05) is 38.3 Å². The molecule has 210 valence electrons. The molecular formula is C41H26N4. The molecule has 3 heterocycles. The normalized spacial score (nSPS) is 12.0. The number of hydrogen-bond donors (Lipinski definition) is 0. The fourth-order valence-corrected chi connectivity index (χ4v) is 7.38. The number of nitrogens with zero attached hydrogens (tertiary/aromatic N) is 4. The van der Waals surface area contributed by atoms with Crippen molar-refractivity contribution in [3.63, 3.8) is 0 Å². The van der Waals surface area contributed by atoms with Crippen LogP contribution in [0.25, 0.3) is 82.7 Å². The third kappa shape index (κ3) is 3.34. The van der Waals surface area contributed by atoms with Gasteiger partial charge in [-0.2, -0.15) is 0 Å². The van der Waals surface area contributed by atoms with E-state index in [1.165, 1.54) is 43.4 Å². The van der Waals surface area contributed by atoms with Gasteiger partial charge < -0.3 is 4.57 Å². The molecule has 0 radical (unpaired) electrons. The molecule has 0 aliphatic heterocycles. The van der Waals surface area contributed by atoms with E-state index in [1.54, 1.807) is 0 Å². The smallest absolute Gasteiger partial charge is 0.220 e. The van der Waals surface area contributed by atoms with E-state index in [9.17, 15) is 0 Å². The summed E-state index contributed by atoms with van der Waals surface area (Å²) in [4.78, 5) is 5.29. The zero-order valence-electron chi connectivity index (χ0n) is 24.3. The lowest BCUT2D eigenvalue weighted by Crippen LogP contribution is -2.05. The Bertz CT molecular complexity index is 2750. The second-order valence-electron chi connectivity index (χ2n) is 11.6. The van der Waals surface area contributed by atoms with E-state index in [0.717, 1.165) is 39.4 Å². The molecule has 0 aliphatic rings. The average Bonchev–Trinajstić information content (AvgIpc) is 3.76. The molecule has 0 bridgehead atoms. The Morgan fingerprint density at radius 2 is 0.933 bits per heavy atom. The number of rotatable bonds is 3. The standard InChI is InChI=1S/C41H26N4/c1-3-13-28(14-4-1)43-34-20-10-7-17-30(34)31-25-23-27-24-26-37-39(38(27)40(31)43)32-18-8-11-21-35(32)45(37)41-42-33-19-9-12-22-36(33)44(41)29-15-5-2-6-16-29/h1-26H. The van der Waals surface area contributed by atoms with Crippen molar-refractivity contribution >= 4 is 65.4 Å². The summed E-state index contributed by atoms with van der Waals surface area (Å²) in [6.45, 7) is 0. The van der Waals surface area contributed by atoms with Gasteiger partial charge in [0.15, 0.2) is 0 Å². The van der Waals surface area contributed by atoms with E-state index < -0.39 is 0 Å². The summed E-state index contributed by atoms with van der Waals surface area (Å²) in [5.41, 5.74) is 8.98. The summed E-state index contributed by atoms with van der Waals surface area (Å²) in [6, 6.07) is 56.3. The van der Waals surface area contributed by atoms with Crippen LogP contribution in [-0.4, -0.2) is 18.7 Å². The fraction of sp³-hybridized carbons (Fsp3) is 0. The molecule has 4 nitrogen and oxygen atoms in total. The Morgan fingerprint density at radius 3 is 1.69 bits per heavy atom. The highest BCUT2D eigenvalue weighted by atomic mass is 15.2. The highest BCUT2D eigenvalue weighted by molar-refractivity contribution is 6.30. The maximum atomic E-state index is 5.29. The predicted octanol–water partition coefficient (Wildman–Crippen LogP) is 10.4. The van der Waals surface area contributed by atoms with Gasteiger partial charge in [0.25, 0.3) is 0 Å². The van der Waals surface area contributed by atoms with Crippen molar-refractivity contribution < 1.29 is 0 Å². The molecule has 0 unspecified atom stereocenters. The summed E-state index contributed by atoms with van der Waals surface area (Å²) in [6.07, 6.45) is 0. The first-order valence-electron chi connectivity index (χ1n) is 15.3. The van der Waals surface area contributed by atoms with Crippen molar-refractivity contribution in [2.75, 3.05) is 0 Å². The molecule has 3 aromatic heterocycles. The monoisotopic (exact) mass is 574 g/mol. The first-order chi connectivity index (χ1) is 22.4. The zero-order valence-corrected chi connectivity index (χ0v) is 24.3. The molecule has 4 heteroatoms. The molecule has 10 aromatic rings. The minimum absolute atomic E-state index is 0.878. The van der Waals surface area contributed by atoms with Crippen LogP contribution in [0.15, 0.2) is 158 Å². The van der Waals surface area contributed by atoms with Crippen LogP contribution in [0.3, 0.4) is 0 Å². The first kappa shape index (κ1) is 24.3. The van der Waals surface area contributed by atoms with Crippen LogP contribution in [0, 0.1) is 0 Å². The Kier molecular flexibility index (Phi) is 4.96. The van der Waals surface area contributed by atoms with Crippen molar-refractivity contribution in [1.29, 1.82) is 0 Å². The minimum atomic E-state index is 0.878. The Labute approximate surface area is 258 Å². The second-order valence-corrected chi connectivity index (χ2v) is 11.6. The quantitative estimate of drug-likeness (QED) is 0.206. The second kappa shape index (κ2) is 9.18. The largest absolute Gasteiger partial charge is 0.309 e. The van der Waals surface area contributed by atoms with E-state index in [1.807, 2.05) is 0 Å². The Hall–Kier alpha value is -6.13. The SMILES string of the molecule is c1ccc(-n2c(-n3c4ccccc4c4c5c(ccc6c7ccccc7n(-c7ccccc7)c65)ccc43)nc3ccccc32)cc1. The van der Waals surface area contributed by atoms with Gasteiger partial charge in [-0.15, -0.1) is 0 Å². The van der Waals surface area contributed by atoms with Crippen molar-refractivity contribution in [2.45, 2.75) is 0 Å². The summed E-state index contributed by atoms with van der Waals surface area (Å²) in [5.74, 6) is 0.878. The third-order valence-electron chi connectivity index (χ3n) is 9.22. The van der Waals surface area contributed by atoms with Gasteiger partial charge in [0.2, 0.25) is 5.95 Å². The van der Waals surface area contributed by atoms with Crippen molar-refractivity contribution in [1.82, 2.24) is 18.7 Å². The maximum absolute atomic E-state index is 5.29. The first-order valence-corrected chi connectivity index (χ1v) is 15.3. The lowest BCUT2D eigenvalue weighted by Gasteiger charge is -2.13. The molecule has 45 heavy (non-hydrogen) atoms. The summed E-state index contributed by atoms with van der Waals surface area (Å²) >= 11 is 0. The average molecular weight is 575 g/mol. The Morgan fingerprint density at radius 1 is 0.356 bits per heavy atom. The molecule has 10 rings (SSSR count). The zero-order chi connectivity index (χ0) is 29.5. The van der Waals surface area contributed by atoms with Crippen LogP contribution >= 0.6 is 0 Å². The number of imidazole rings is 1. The van der Waals surface area contributed by atoms with E-state index >= 15 is 0 Å². The minimum Gasteiger partial charge on any atom is -0.309 e. The van der Waals surface area contributed by atoms with Gasteiger partial charge in [-0.25, -0.2) is 4.98 Å². The lowest BCUT2D eigenvalue weighted by molar-refractivity contribution is 0.956. The van der Waals surface area contributed by atoms with Crippen LogP contribution in [0.2, 0.25) is 0 Å². The van der Waals surface area contributed by atoms with Gasteiger partial charge in [-0.1, -0.05) is 103 Å². The summed E-state index contributed by atoms with van der Waals surface area (Å²) in [5, 5.41) is 7.42. The molecule has 0 fully saturated rings. The highest BCUT2D eigenvalue weighted by Crippen LogP contribution is 2.43. The Balaban J connectivity index is 1.43. The lowest BCUT2D eigenvalue weighted by atomic mass is 10.0. The molecule has 0 aliphatic carbocycles. The fourth-order valence-electron chi connectivity index (χ4n) is 7.38. The van der Waals surface area contributed by atoms with E-state index in [4.69, 9.17) is 4.98 Å².